The van der Waals surface area contributed by atoms with Crippen LogP contribution in [0.2, 0.25) is 0 Å². The predicted octanol–water partition coefficient (Wildman–Crippen LogP) is 2.08. The lowest BCUT2D eigenvalue weighted by molar-refractivity contribution is 0.239. The molecule has 0 aromatic rings. The number of carbonyl (C=O) groups excluding carboxylic acids is 2. The van der Waals surface area contributed by atoms with Crippen LogP contribution in [-0.2, 0) is 4.79 Å². The third kappa shape index (κ3) is 5.37. The van der Waals surface area contributed by atoms with E-state index in [4.69, 9.17) is 23.2 Å². The van der Waals surface area contributed by atoms with Gasteiger partial charge in [0.2, 0.25) is 6.08 Å². The molecular weight excluding hydrogens is 230 g/mol. The van der Waals surface area contributed by atoms with Crippen LogP contribution in [0.4, 0.5) is 9.18 Å². The highest BCUT2D eigenvalue weighted by Crippen LogP contribution is 2.37. The Kier molecular flexibility index (Phi) is 4.55. The average molecular weight is 233 g/mol. The molecule has 8 heteroatoms. The van der Waals surface area contributed by atoms with Crippen molar-refractivity contribution in [2.45, 2.75) is 3.92 Å². The highest BCUT2D eigenvalue weighted by molar-refractivity contribution is 8.01. The van der Waals surface area contributed by atoms with Crippen molar-refractivity contribution < 1.29 is 14.0 Å². The van der Waals surface area contributed by atoms with Crippen molar-refractivity contribution >= 4 is 47.3 Å². The molecule has 0 heterocycles. The van der Waals surface area contributed by atoms with Gasteiger partial charge in [-0.15, -0.1) is 4.99 Å². The minimum Gasteiger partial charge on any atom is -0.264 e. The molecule has 0 unspecified atom stereocenters. The van der Waals surface area contributed by atoms with Crippen molar-refractivity contribution in [3.8, 4) is 0 Å². The lowest BCUT2D eigenvalue weighted by atomic mass is 11.0. The molecule has 68 valence electrons. The van der Waals surface area contributed by atoms with Gasteiger partial charge < -0.3 is 0 Å². The van der Waals surface area contributed by atoms with Gasteiger partial charge in [0, 0.05) is 19.0 Å². The van der Waals surface area contributed by atoms with Gasteiger partial charge in [0.15, 0.2) is 0 Å². The van der Waals surface area contributed by atoms with Crippen LogP contribution in [0.25, 0.3) is 0 Å². The number of carbonyl (C=O) groups is 1. The SMILES string of the molecule is CN(SC(F)(Cl)Cl)C(=O)N=C=O. The van der Waals surface area contributed by atoms with Gasteiger partial charge in [-0.2, -0.15) is 4.39 Å². The van der Waals surface area contributed by atoms with Crippen LogP contribution < -0.4 is 0 Å². The molecule has 12 heavy (non-hydrogen) atoms. The smallest absolute Gasteiger partial charge is 0.264 e. The van der Waals surface area contributed by atoms with Crippen LogP contribution in [0.3, 0.4) is 0 Å². The number of isocyanates is 1. The quantitative estimate of drug-likeness (QED) is 0.317. The number of hydrogen-bond donors (Lipinski definition) is 0. The van der Waals surface area contributed by atoms with Crippen LogP contribution in [0.1, 0.15) is 0 Å². The maximum Gasteiger partial charge on any atom is 0.364 e. The molecule has 0 aliphatic carbocycles. The van der Waals surface area contributed by atoms with Crippen LogP contribution in [0, 0.1) is 0 Å². The number of nitrogens with zero attached hydrogens (tertiary/aromatic N) is 2. The third-order valence-electron chi connectivity index (χ3n) is 0.651. The van der Waals surface area contributed by atoms with Crippen molar-refractivity contribution in [1.82, 2.24) is 4.31 Å². The van der Waals surface area contributed by atoms with Crippen LogP contribution >= 0.6 is 35.1 Å². The Bertz CT molecular complexity index is 226. The number of urea groups is 1. The zero-order chi connectivity index (χ0) is 9.78. The van der Waals surface area contributed by atoms with Crippen molar-refractivity contribution in [3.05, 3.63) is 0 Å². The van der Waals surface area contributed by atoms with Gasteiger partial charge in [-0.05, 0) is 0 Å². The number of hydrogen-bond acceptors (Lipinski definition) is 3. The zero-order valence-electron chi connectivity index (χ0n) is 5.75. The molecule has 2 amide bonds. The molecule has 0 aliphatic heterocycles. The Labute approximate surface area is 81.8 Å². The van der Waals surface area contributed by atoms with E-state index in [0.29, 0.717) is 4.31 Å². The molecule has 0 radical (unpaired) electrons. The first-order valence-electron chi connectivity index (χ1n) is 2.48. The van der Waals surface area contributed by atoms with Gasteiger partial charge in [0.25, 0.3) is 0 Å². The van der Waals surface area contributed by atoms with E-state index >= 15 is 0 Å². The van der Waals surface area contributed by atoms with Crippen LogP contribution in [-0.4, -0.2) is 27.4 Å². The second-order valence-corrected chi connectivity index (χ2v) is 4.50. The summed E-state index contributed by atoms with van der Waals surface area (Å²) in [5.41, 5.74) is 0. The third-order valence-corrected chi connectivity index (χ3v) is 1.70. The number of alkyl halides is 3. The maximum absolute atomic E-state index is 12.4. The van der Waals surface area contributed by atoms with E-state index in [-0.39, 0.29) is 11.9 Å². The molecule has 4 nitrogen and oxygen atoms in total. The molecule has 0 aromatic carbocycles. The largest absolute Gasteiger partial charge is 0.364 e. The number of halogens is 3. The van der Waals surface area contributed by atoms with Crippen molar-refractivity contribution in [2.24, 2.45) is 4.99 Å². The summed E-state index contributed by atoms with van der Waals surface area (Å²) in [7, 11) is 1.16. The Morgan fingerprint density at radius 3 is 2.58 bits per heavy atom. The molecule has 0 fully saturated rings. The standard InChI is InChI=1S/C4H3Cl2FN2O2S/c1-9(3(11)8-2-10)12-4(5,6)7/h1H3. The van der Waals surface area contributed by atoms with E-state index in [1.54, 1.807) is 0 Å². The molecule has 0 saturated heterocycles. The Hall–Kier alpha value is -0.290. The molecule has 0 saturated carbocycles. The van der Waals surface area contributed by atoms with Crippen molar-refractivity contribution in [2.75, 3.05) is 7.05 Å². The highest BCUT2D eigenvalue weighted by Gasteiger charge is 2.28. The van der Waals surface area contributed by atoms with Gasteiger partial charge in [-0.1, -0.05) is 23.2 Å². The van der Waals surface area contributed by atoms with Gasteiger partial charge in [0.05, 0.1) is 0 Å². The zero-order valence-corrected chi connectivity index (χ0v) is 8.08. The second-order valence-electron chi connectivity index (χ2n) is 1.52. The summed E-state index contributed by atoms with van der Waals surface area (Å²) in [6, 6.07) is -0.988. The van der Waals surface area contributed by atoms with E-state index in [2.05, 4.69) is 4.99 Å². The monoisotopic (exact) mass is 232 g/mol. The van der Waals surface area contributed by atoms with E-state index in [0.717, 1.165) is 13.1 Å². The lowest BCUT2D eigenvalue weighted by Gasteiger charge is -2.15. The van der Waals surface area contributed by atoms with Gasteiger partial charge >= 0.3 is 9.95 Å². The summed E-state index contributed by atoms with van der Waals surface area (Å²) in [5, 5.41) is 0. The van der Waals surface area contributed by atoms with E-state index in [9.17, 15) is 14.0 Å². The summed E-state index contributed by atoms with van der Waals surface area (Å²) in [4.78, 5) is 22.9. The van der Waals surface area contributed by atoms with Crippen molar-refractivity contribution in [1.29, 1.82) is 0 Å². The van der Waals surface area contributed by atoms with E-state index in [1.807, 2.05) is 0 Å². The fraction of sp³-hybridized carbons (Fsp3) is 0.500. The maximum atomic E-state index is 12.4. The Balaban J connectivity index is 4.13. The van der Waals surface area contributed by atoms with Gasteiger partial charge in [-0.25, -0.2) is 9.59 Å². The topological polar surface area (TPSA) is 49.7 Å². The molecular formula is C4H3Cl2FN2O2S. The van der Waals surface area contributed by atoms with Crippen LogP contribution in [0.5, 0.6) is 0 Å². The number of amides is 2. The number of aliphatic imine (C=N–C) groups is 1. The first kappa shape index (κ1) is 11.7. The van der Waals surface area contributed by atoms with E-state index < -0.39 is 9.95 Å². The predicted molar refractivity (Wildman–Crippen MR) is 44.4 cm³/mol. The summed E-state index contributed by atoms with van der Waals surface area (Å²) in [6.45, 7) is 0. The van der Waals surface area contributed by atoms with Gasteiger partial charge in [-0.3, -0.25) is 4.31 Å². The average Bonchev–Trinajstić information content (AvgIpc) is 1.84. The second kappa shape index (κ2) is 4.67. The summed E-state index contributed by atoms with van der Waals surface area (Å²) < 4.78 is 10.4. The fourth-order valence-electron chi connectivity index (χ4n) is 0.304. The first-order valence-corrected chi connectivity index (χ1v) is 4.01. The summed E-state index contributed by atoms with van der Waals surface area (Å²) in [6.07, 6.45) is 0.996. The van der Waals surface area contributed by atoms with Crippen molar-refractivity contribution in [3.63, 3.8) is 0 Å². The fourth-order valence-corrected chi connectivity index (χ4v) is 1.35. The van der Waals surface area contributed by atoms with E-state index in [1.165, 1.54) is 0 Å². The molecule has 0 spiro atoms. The van der Waals surface area contributed by atoms with Crippen LogP contribution in [0.15, 0.2) is 4.99 Å². The molecule has 0 rings (SSSR count). The molecule has 0 aromatic heterocycles. The Morgan fingerprint density at radius 1 is 1.75 bits per heavy atom. The molecule has 0 aliphatic rings. The minimum atomic E-state index is -2.62. The summed E-state index contributed by atoms with van der Waals surface area (Å²) >= 11 is 9.98. The normalized spacial score (nSPS) is 10.3. The lowest BCUT2D eigenvalue weighted by Crippen LogP contribution is -2.19. The molecule has 0 N–H and O–H groups in total. The first-order chi connectivity index (χ1) is 5.37. The molecule has 0 bridgehead atoms. The number of rotatable bonds is 2. The highest BCUT2D eigenvalue weighted by atomic mass is 35.5. The minimum absolute atomic E-state index is 0.180. The molecule has 0 atom stereocenters. The Morgan fingerprint density at radius 2 is 2.25 bits per heavy atom. The van der Waals surface area contributed by atoms with Gasteiger partial charge in [0.1, 0.15) is 0 Å². The summed E-state index contributed by atoms with van der Waals surface area (Å²) in [5.74, 6) is 0.